The van der Waals surface area contributed by atoms with Gasteiger partial charge in [-0.2, -0.15) is 0 Å². The molecular formula is C15H19FN2O2. The highest BCUT2D eigenvalue weighted by Gasteiger charge is 2.07. The molecule has 1 N–H and O–H groups in total. The topological polar surface area (TPSA) is 47.3 Å². The van der Waals surface area contributed by atoms with Crippen molar-refractivity contribution < 1.29 is 13.7 Å². The Labute approximate surface area is 117 Å². The Bertz CT molecular complexity index is 527. The summed E-state index contributed by atoms with van der Waals surface area (Å²) in [5.74, 6) is 1.56. The third-order valence-electron chi connectivity index (χ3n) is 2.75. The van der Waals surface area contributed by atoms with E-state index in [4.69, 9.17) is 9.26 Å². The molecule has 5 heteroatoms. The molecule has 108 valence electrons. The summed E-state index contributed by atoms with van der Waals surface area (Å²) in [6.45, 7) is 5.97. The van der Waals surface area contributed by atoms with Crippen molar-refractivity contribution in [2.75, 3.05) is 6.54 Å². The molecular weight excluding hydrogens is 259 g/mol. The molecule has 0 fully saturated rings. The van der Waals surface area contributed by atoms with E-state index in [0.717, 1.165) is 12.1 Å². The number of rotatable bonds is 7. The Kier molecular flexibility index (Phi) is 5.12. The zero-order valence-electron chi connectivity index (χ0n) is 11.7. The first-order valence-electron chi connectivity index (χ1n) is 6.66. The van der Waals surface area contributed by atoms with Crippen LogP contribution in [-0.4, -0.2) is 11.7 Å². The van der Waals surface area contributed by atoms with Gasteiger partial charge in [0.1, 0.15) is 18.2 Å². The van der Waals surface area contributed by atoms with Gasteiger partial charge in [0, 0.05) is 18.2 Å². The van der Waals surface area contributed by atoms with E-state index in [9.17, 15) is 4.39 Å². The summed E-state index contributed by atoms with van der Waals surface area (Å²) in [4.78, 5) is 0. The maximum absolute atomic E-state index is 13.3. The van der Waals surface area contributed by atoms with E-state index in [2.05, 4.69) is 24.3 Å². The number of hydrogen-bond acceptors (Lipinski definition) is 4. The number of aromatic nitrogens is 1. The SMILES string of the molecule is CC(C)CNCc1cc(F)ccc1OCc1ccno1. The summed E-state index contributed by atoms with van der Waals surface area (Å²) in [5.41, 5.74) is 0.796. The number of hydrogen-bond donors (Lipinski definition) is 1. The van der Waals surface area contributed by atoms with Gasteiger partial charge in [0.15, 0.2) is 5.76 Å². The van der Waals surface area contributed by atoms with Crippen LogP contribution in [-0.2, 0) is 13.2 Å². The van der Waals surface area contributed by atoms with Crippen LogP contribution in [0.15, 0.2) is 35.0 Å². The number of halogens is 1. The highest BCUT2D eigenvalue weighted by Crippen LogP contribution is 2.21. The van der Waals surface area contributed by atoms with Crippen molar-refractivity contribution in [1.29, 1.82) is 0 Å². The summed E-state index contributed by atoms with van der Waals surface area (Å²) < 4.78 is 24.0. The van der Waals surface area contributed by atoms with Crippen molar-refractivity contribution in [2.45, 2.75) is 27.0 Å². The Balaban J connectivity index is 1.99. The monoisotopic (exact) mass is 278 g/mol. The summed E-state index contributed by atoms with van der Waals surface area (Å²) in [6.07, 6.45) is 1.56. The molecule has 0 unspecified atom stereocenters. The number of nitrogens with zero attached hydrogens (tertiary/aromatic N) is 1. The van der Waals surface area contributed by atoms with Gasteiger partial charge in [-0.25, -0.2) is 4.39 Å². The highest BCUT2D eigenvalue weighted by atomic mass is 19.1. The Morgan fingerprint density at radius 2 is 2.20 bits per heavy atom. The molecule has 1 aromatic carbocycles. The van der Waals surface area contributed by atoms with Crippen LogP contribution in [0.25, 0.3) is 0 Å². The fourth-order valence-corrected chi connectivity index (χ4v) is 1.79. The molecule has 0 saturated heterocycles. The Hall–Kier alpha value is -1.88. The smallest absolute Gasteiger partial charge is 0.174 e. The molecule has 0 aliphatic carbocycles. The maximum atomic E-state index is 13.3. The molecule has 1 aromatic heterocycles. The van der Waals surface area contributed by atoms with Gasteiger partial charge in [-0.3, -0.25) is 0 Å². The van der Waals surface area contributed by atoms with Gasteiger partial charge in [0.05, 0.1) is 6.20 Å². The van der Waals surface area contributed by atoms with Crippen molar-refractivity contribution in [1.82, 2.24) is 10.5 Å². The van der Waals surface area contributed by atoms with Crippen molar-refractivity contribution in [2.24, 2.45) is 5.92 Å². The van der Waals surface area contributed by atoms with Gasteiger partial charge >= 0.3 is 0 Å². The van der Waals surface area contributed by atoms with Gasteiger partial charge in [-0.1, -0.05) is 19.0 Å². The first-order chi connectivity index (χ1) is 9.65. The van der Waals surface area contributed by atoms with Crippen LogP contribution >= 0.6 is 0 Å². The second kappa shape index (κ2) is 7.05. The zero-order valence-corrected chi connectivity index (χ0v) is 11.7. The molecule has 4 nitrogen and oxygen atoms in total. The lowest BCUT2D eigenvalue weighted by molar-refractivity contribution is 0.246. The Morgan fingerprint density at radius 3 is 2.90 bits per heavy atom. The van der Waals surface area contributed by atoms with Crippen LogP contribution in [0.3, 0.4) is 0 Å². The Morgan fingerprint density at radius 1 is 1.35 bits per heavy atom. The van der Waals surface area contributed by atoms with Crippen molar-refractivity contribution in [3.8, 4) is 5.75 Å². The minimum absolute atomic E-state index is 0.265. The molecule has 0 saturated carbocycles. The minimum atomic E-state index is -0.265. The molecule has 0 amide bonds. The number of benzene rings is 1. The average Bonchev–Trinajstić information content (AvgIpc) is 2.90. The van der Waals surface area contributed by atoms with Crippen LogP contribution in [0.1, 0.15) is 25.2 Å². The predicted molar refractivity (Wildman–Crippen MR) is 73.8 cm³/mol. The van der Waals surface area contributed by atoms with E-state index in [1.807, 2.05) is 0 Å². The van der Waals surface area contributed by atoms with Crippen molar-refractivity contribution in [3.05, 3.63) is 47.6 Å². The first kappa shape index (κ1) is 14.5. The molecule has 2 rings (SSSR count). The van der Waals surface area contributed by atoms with Gasteiger partial charge in [-0.05, 0) is 30.7 Å². The normalized spacial score (nSPS) is 11.0. The fourth-order valence-electron chi connectivity index (χ4n) is 1.79. The van der Waals surface area contributed by atoms with Crippen LogP contribution in [0.2, 0.25) is 0 Å². The zero-order chi connectivity index (χ0) is 14.4. The van der Waals surface area contributed by atoms with E-state index >= 15 is 0 Å². The third-order valence-corrected chi connectivity index (χ3v) is 2.75. The molecule has 20 heavy (non-hydrogen) atoms. The maximum Gasteiger partial charge on any atom is 0.174 e. The van der Waals surface area contributed by atoms with Gasteiger partial charge in [0.25, 0.3) is 0 Å². The lowest BCUT2D eigenvalue weighted by Crippen LogP contribution is -2.19. The van der Waals surface area contributed by atoms with E-state index in [1.165, 1.54) is 12.1 Å². The predicted octanol–water partition coefficient (Wildman–Crippen LogP) is 3.14. The number of ether oxygens (including phenoxy) is 1. The summed E-state index contributed by atoms with van der Waals surface area (Å²) in [5, 5.41) is 6.89. The first-order valence-corrected chi connectivity index (χ1v) is 6.66. The third kappa shape index (κ3) is 4.35. The van der Waals surface area contributed by atoms with E-state index in [-0.39, 0.29) is 12.4 Å². The number of nitrogens with one attached hydrogen (secondary N) is 1. The van der Waals surface area contributed by atoms with Crippen molar-refractivity contribution in [3.63, 3.8) is 0 Å². The van der Waals surface area contributed by atoms with Crippen LogP contribution < -0.4 is 10.1 Å². The molecule has 1 heterocycles. The highest BCUT2D eigenvalue weighted by molar-refractivity contribution is 5.34. The standard InChI is InChI=1S/C15H19FN2O2/c1-11(2)8-17-9-12-7-13(16)3-4-15(12)19-10-14-5-6-18-20-14/h3-7,11,17H,8-10H2,1-2H3. The average molecular weight is 278 g/mol. The van der Waals surface area contributed by atoms with Crippen LogP contribution in [0.5, 0.6) is 5.75 Å². The van der Waals surface area contributed by atoms with Crippen molar-refractivity contribution >= 4 is 0 Å². The van der Waals surface area contributed by atoms with Crippen LogP contribution in [0.4, 0.5) is 4.39 Å². The van der Waals surface area contributed by atoms with E-state index in [1.54, 1.807) is 18.3 Å². The largest absolute Gasteiger partial charge is 0.485 e. The van der Waals surface area contributed by atoms with E-state index < -0.39 is 0 Å². The van der Waals surface area contributed by atoms with Gasteiger partial charge in [0.2, 0.25) is 0 Å². The van der Waals surface area contributed by atoms with E-state index in [0.29, 0.717) is 24.0 Å². The van der Waals surface area contributed by atoms with Gasteiger partial charge in [-0.15, -0.1) is 0 Å². The molecule has 0 atom stereocenters. The molecule has 0 radical (unpaired) electrons. The molecule has 0 aliphatic heterocycles. The summed E-state index contributed by atoms with van der Waals surface area (Å²) in [7, 11) is 0. The second-order valence-electron chi connectivity index (χ2n) is 5.04. The minimum Gasteiger partial charge on any atom is -0.485 e. The quantitative estimate of drug-likeness (QED) is 0.845. The summed E-state index contributed by atoms with van der Waals surface area (Å²) >= 11 is 0. The van der Waals surface area contributed by atoms with Crippen LogP contribution in [0, 0.1) is 11.7 Å². The second-order valence-corrected chi connectivity index (χ2v) is 5.04. The fraction of sp³-hybridized carbons (Fsp3) is 0.400. The lowest BCUT2D eigenvalue weighted by Gasteiger charge is -2.12. The molecule has 0 bridgehead atoms. The summed E-state index contributed by atoms with van der Waals surface area (Å²) in [6, 6.07) is 6.25. The molecule has 0 spiro atoms. The molecule has 0 aliphatic rings. The van der Waals surface area contributed by atoms with Gasteiger partial charge < -0.3 is 14.6 Å². The lowest BCUT2D eigenvalue weighted by atomic mass is 10.1. The molecule has 2 aromatic rings.